The highest BCUT2D eigenvalue weighted by molar-refractivity contribution is 7.84. The fraction of sp³-hybridized carbons (Fsp3) is 0.875. The molecule has 0 aromatic heterocycles. The standard InChI is InChI=1S/C8H15NOS/c1-2-7-11(10)8-5-3-4-6-9/h2-5,7-8H2,1H3. The Labute approximate surface area is 71.1 Å². The van der Waals surface area contributed by atoms with Gasteiger partial charge in [0.05, 0.1) is 6.07 Å². The fourth-order valence-electron chi connectivity index (χ4n) is 0.797. The third-order valence-corrected chi connectivity index (χ3v) is 2.95. The van der Waals surface area contributed by atoms with Crippen LogP contribution in [0.5, 0.6) is 0 Å². The van der Waals surface area contributed by atoms with Crippen LogP contribution in [0.1, 0.15) is 32.6 Å². The van der Waals surface area contributed by atoms with Gasteiger partial charge in [-0.1, -0.05) is 6.92 Å². The molecule has 2 nitrogen and oxygen atoms in total. The zero-order valence-electron chi connectivity index (χ0n) is 7.01. The van der Waals surface area contributed by atoms with Gasteiger partial charge in [-0.2, -0.15) is 5.26 Å². The zero-order chi connectivity index (χ0) is 8.53. The number of hydrogen-bond donors (Lipinski definition) is 0. The van der Waals surface area contributed by atoms with Crippen molar-refractivity contribution in [2.24, 2.45) is 0 Å². The largest absolute Gasteiger partial charge is 0.260 e. The summed E-state index contributed by atoms with van der Waals surface area (Å²) in [5.74, 6) is 1.59. The molecule has 0 amide bonds. The predicted octanol–water partition coefficient (Wildman–Crippen LogP) is 1.84. The lowest BCUT2D eigenvalue weighted by molar-refractivity contribution is 0.677. The summed E-state index contributed by atoms with van der Waals surface area (Å²) in [4.78, 5) is 0. The van der Waals surface area contributed by atoms with Crippen LogP contribution in [0.3, 0.4) is 0 Å². The van der Waals surface area contributed by atoms with E-state index in [-0.39, 0.29) is 0 Å². The lowest BCUT2D eigenvalue weighted by Gasteiger charge is -1.97. The first-order valence-electron chi connectivity index (χ1n) is 4.03. The number of nitrogens with zero attached hydrogens (tertiary/aromatic N) is 1. The fourth-order valence-corrected chi connectivity index (χ4v) is 1.98. The monoisotopic (exact) mass is 173 g/mol. The van der Waals surface area contributed by atoms with Gasteiger partial charge in [-0.15, -0.1) is 0 Å². The van der Waals surface area contributed by atoms with E-state index in [4.69, 9.17) is 5.26 Å². The van der Waals surface area contributed by atoms with Crippen LogP contribution in [0.15, 0.2) is 0 Å². The van der Waals surface area contributed by atoms with E-state index in [1.54, 1.807) is 0 Å². The van der Waals surface area contributed by atoms with E-state index in [0.29, 0.717) is 6.42 Å². The van der Waals surface area contributed by atoms with Crippen molar-refractivity contribution >= 4 is 10.8 Å². The van der Waals surface area contributed by atoms with E-state index in [2.05, 4.69) is 6.07 Å². The van der Waals surface area contributed by atoms with Gasteiger partial charge in [-0.25, -0.2) is 0 Å². The predicted molar refractivity (Wildman–Crippen MR) is 47.6 cm³/mol. The van der Waals surface area contributed by atoms with Crippen LogP contribution in [-0.2, 0) is 10.8 Å². The van der Waals surface area contributed by atoms with Crippen molar-refractivity contribution in [3.8, 4) is 6.07 Å². The lowest BCUT2D eigenvalue weighted by Crippen LogP contribution is -2.01. The van der Waals surface area contributed by atoms with Crippen molar-refractivity contribution in [1.29, 1.82) is 5.26 Å². The molecule has 0 heterocycles. The summed E-state index contributed by atoms with van der Waals surface area (Å²) < 4.78 is 11.0. The molecule has 11 heavy (non-hydrogen) atoms. The molecule has 64 valence electrons. The van der Waals surface area contributed by atoms with E-state index in [9.17, 15) is 4.21 Å². The molecular formula is C8H15NOS. The number of unbranched alkanes of at least 4 members (excludes halogenated alkanes) is 2. The van der Waals surface area contributed by atoms with Gasteiger partial charge in [0.2, 0.25) is 0 Å². The third-order valence-electron chi connectivity index (χ3n) is 1.34. The van der Waals surface area contributed by atoms with Gasteiger partial charge in [-0.3, -0.25) is 4.21 Å². The van der Waals surface area contributed by atoms with Gasteiger partial charge >= 0.3 is 0 Å². The second-order valence-corrected chi connectivity index (χ2v) is 4.16. The molecule has 0 fully saturated rings. The molecule has 0 radical (unpaired) electrons. The smallest absolute Gasteiger partial charge is 0.0621 e. The van der Waals surface area contributed by atoms with Crippen molar-refractivity contribution in [3.63, 3.8) is 0 Å². The van der Waals surface area contributed by atoms with E-state index in [1.807, 2.05) is 6.92 Å². The number of hydrogen-bond acceptors (Lipinski definition) is 2. The first-order valence-corrected chi connectivity index (χ1v) is 5.52. The summed E-state index contributed by atoms with van der Waals surface area (Å²) in [5, 5.41) is 8.21. The van der Waals surface area contributed by atoms with E-state index < -0.39 is 10.8 Å². The van der Waals surface area contributed by atoms with Crippen LogP contribution in [0, 0.1) is 11.3 Å². The van der Waals surface area contributed by atoms with Gasteiger partial charge in [-0.05, 0) is 19.3 Å². The highest BCUT2D eigenvalue weighted by Crippen LogP contribution is 1.97. The van der Waals surface area contributed by atoms with E-state index >= 15 is 0 Å². The average molecular weight is 173 g/mol. The maximum atomic E-state index is 11.0. The Morgan fingerprint density at radius 3 is 2.64 bits per heavy atom. The van der Waals surface area contributed by atoms with Crippen molar-refractivity contribution in [3.05, 3.63) is 0 Å². The van der Waals surface area contributed by atoms with Gasteiger partial charge in [0.1, 0.15) is 0 Å². The van der Waals surface area contributed by atoms with Gasteiger partial charge in [0.25, 0.3) is 0 Å². The molecule has 1 unspecified atom stereocenters. The number of nitriles is 1. The molecule has 0 aliphatic rings. The van der Waals surface area contributed by atoms with Crippen LogP contribution in [0.2, 0.25) is 0 Å². The normalized spacial score (nSPS) is 12.4. The minimum Gasteiger partial charge on any atom is -0.260 e. The first-order chi connectivity index (χ1) is 5.31. The Hall–Kier alpha value is -0.360. The lowest BCUT2D eigenvalue weighted by atomic mass is 10.3. The summed E-state index contributed by atoms with van der Waals surface area (Å²) in [6.07, 6.45) is 3.42. The number of rotatable bonds is 6. The average Bonchev–Trinajstić information content (AvgIpc) is 1.99. The molecule has 0 N–H and O–H groups in total. The molecule has 0 spiro atoms. The van der Waals surface area contributed by atoms with E-state index in [0.717, 1.165) is 30.8 Å². The summed E-state index contributed by atoms with van der Waals surface area (Å²) in [6, 6.07) is 2.07. The molecule has 0 bridgehead atoms. The summed E-state index contributed by atoms with van der Waals surface area (Å²) in [7, 11) is -0.633. The van der Waals surface area contributed by atoms with Gasteiger partial charge in [0, 0.05) is 28.7 Å². The third kappa shape index (κ3) is 7.54. The second-order valence-electron chi connectivity index (χ2n) is 2.46. The highest BCUT2D eigenvalue weighted by atomic mass is 32.2. The van der Waals surface area contributed by atoms with Crippen LogP contribution >= 0.6 is 0 Å². The maximum absolute atomic E-state index is 11.0. The van der Waals surface area contributed by atoms with Crippen LogP contribution in [0.4, 0.5) is 0 Å². The van der Waals surface area contributed by atoms with Crippen LogP contribution in [-0.4, -0.2) is 15.7 Å². The quantitative estimate of drug-likeness (QED) is 0.575. The minimum atomic E-state index is -0.633. The first kappa shape index (κ1) is 10.6. The van der Waals surface area contributed by atoms with Gasteiger partial charge < -0.3 is 0 Å². The Morgan fingerprint density at radius 2 is 2.09 bits per heavy atom. The molecule has 3 heteroatoms. The Kier molecular flexibility index (Phi) is 7.49. The van der Waals surface area contributed by atoms with Crippen molar-refractivity contribution in [1.82, 2.24) is 0 Å². The Morgan fingerprint density at radius 1 is 1.36 bits per heavy atom. The SMILES string of the molecule is CCCS(=O)CCCCC#N. The highest BCUT2D eigenvalue weighted by Gasteiger charge is 1.96. The van der Waals surface area contributed by atoms with E-state index in [1.165, 1.54) is 0 Å². The molecule has 1 atom stereocenters. The molecule has 0 saturated carbocycles. The maximum Gasteiger partial charge on any atom is 0.0621 e. The van der Waals surface area contributed by atoms with Crippen LogP contribution < -0.4 is 0 Å². The topological polar surface area (TPSA) is 40.9 Å². The van der Waals surface area contributed by atoms with Crippen molar-refractivity contribution in [2.75, 3.05) is 11.5 Å². The molecular weight excluding hydrogens is 158 g/mol. The summed E-state index contributed by atoms with van der Waals surface area (Å²) >= 11 is 0. The second kappa shape index (κ2) is 7.74. The molecule has 0 aromatic carbocycles. The van der Waals surface area contributed by atoms with Crippen LogP contribution in [0.25, 0.3) is 0 Å². The zero-order valence-corrected chi connectivity index (χ0v) is 7.82. The molecule has 0 aliphatic carbocycles. The Balaban J connectivity index is 3.12. The summed E-state index contributed by atoms with van der Waals surface area (Å²) in [6.45, 7) is 2.03. The molecule has 0 aliphatic heterocycles. The van der Waals surface area contributed by atoms with Crippen molar-refractivity contribution < 1.29 is 4.21 Å². The Bertz CT molecular complexity index is 151. The van der Waals surface area contributed by atoms with Crippen molar-refractivity contribution in [2.45, 2.75) is 32.6 Å². The summed E-state index contributed by atoms with van der Waals surface area (Å²) in [5.41, 5.74) is 0. The molecule has 0 rings (SSSR count). The van der Waals surface area contributed by atoms with Gasteiger partial charge in [0.15, 0.2) is 0 Å². The molecule has 0 aromatic rings. The minimum absolute atomic E-state index is 0.601. The molecule has 0 saturated heterocycles.